The van der Waals surface area contributed by atoms with Crippen molar-refractivity contribution in [3.05, 3.63) is 212 Å². The van der Waals surface area contributed by atoms with E-state index in [1.807, 2.05) is 0 Å². The number of nitrogens with zero attached hydrogens (tertiary/aromatic N) is 3. The van der Waals surface area contributed by atoms with E-state index in [0.717, 1.165) is 11.4 Å². The molecule has 1 aliphatic rings. The molecule has 0 bridgehead atoms. The monoisotopic (exact) mass is 773 g/mol. The Balaban J connectivity index is 0.903. The standard InChI is InChI=1S/C58H35N3/c1-2-14-39(15-3-1)59-50-21-7-4-16-42(50)48-34-37(24-31-53(48)59)38-25-32-54-49(35-38)43-17-5-8-22-51(43)60(54)40-26-28-41(29-27-40)61-52-23-9-6-18-46(52)58-55(61)33-30-45-44-19-10-12-36-13-11-20-47(56(36)44)57(45)58/h1-35H. The molecule has 0 spiro atoms. The van der Waals surface area contributed by atoms with Gasteiger partial charge in [0.1, 0.15) is 0 Å². The first-order chi connectivity index (χ1) is 30.3. The summed E-state index contributed by atoms with van der Waals surface area (Å²) in [6.45, 7) is 0. The highest BCUT2D eigenvalue weighted by molar-refractivity contribution is 6.26. The predicted molar refractivity (Wildman–Crippen MR) is 257 cm³/mol. The second-order valence-electron chi connectivity index (χ2n) is 16.5. The van der Waals surface area contributed by atoms with Crippen LogP contribution in [0.15, 0.2) is 212 Å². The summed E-state index contributed by atoms with van der Waals surface area (Å²) in [7, 11) is 0. The average Bonchev–Trinajstić information content (AvgIpc) is 4.05. The molecule has 282 valence electrons. The zero-order valence-corrected chi connectivity index (χ0v) is 33.0. The first-order valence-corrected chi connectivity index (χ1v) is 21.1. The number of benzene rings is 10. The van der Waals surface area contributed by atoms with Crippen LogP contribution >= 0.6 is 0 Å². The molecule has 61 heavy (non-hydrogen) atoms. The first-order valence-electron chi connectivity index (χ1n) is 21.1. The lowest BCUT2D eigenvalue weighted by molar-refractivity contribution is 1.14. The van der Waals surface area contributed by atoms with E-state index in [2.05, 4.69) is 226 Å². The van der Waals surface area contributed by atoms with Gasteiger partial charge in [-0.2, -0.15) is 0 Å². The van der Waals surface area contributed by atoms with E-state index in [9.17, 15) is 0 Å². The van der Waals surface area contributed by atoms with Crippen molar-refractivity contribution in [2.45, 2.75) is 0 Å². The van der Waals surface area contributed by atoms with Gasteiger partial charge in [0.05, 0.1) is 33.1 Å². The number of para-hydroxylation sites is 4. The fourth-order valence-electron chi connectivity index (χ4n) is 10.8. The molecule has 0 saturated carbocycles. The van der Waals surface area contributed by atoms with Crippen LogP contribution in [-0.4, -0.2) is 13.7 Å². The van der Waals surface area contributed by atoms with Crippen LogP contribution in [0.3, 0.4) is 0 Å². The Labute approximate surface area is 351 Å². The fourth-order valence-corrected chi connectivity index (χ4v) is 10.8. The van der Waals surface area contributed by atoms with Crippen molar-refractivity contribution in [1.29, 1.82) is 0 Å². The Hall–Kier alpha value is -8.14. The third kappa shape index (κ3) is 4.47. The third-order valence-corrected chi connectivity index (χ3v) is 13.4. The lowest BCUT2D eigenvalue weighted by Crippen LogP contribution is -1.97. The lowest BCUT2D eigenvalue weighted by Gasteiger charge is -2.12. The van der Waals surface area contributed by atoms with E-state index in [1.54, 1.807) is 0 Å². The smallest absolute Gasteiger partial charge is 0.0547 e. The second kappa shape index (κ2) is 12.2. The summed E-state index contributed by atoms with van der Waals surface area (Å²) in [4.78, 5) is 0. The maximum atomic E-state index is 2.45. The fraction of sp³-hybridized carbons (Fsp3) is 0. The second-order valence-corrected chi connectivity index (χ2v) is 16.5. The molecule has 14 rings (SSSR count). The van der Waals surface area contributed by atoms with Gasteiger partial charge in [0, 0.05) is 54.9 Å². The van der Waals surface area contributed by atoms with Gasteiger partial charge >= 0.3 is 0 Å². The number of rotatable bonds is 4. The van der Waals surface area contributed by atoms with Crippen molar-refractivity contribution < 1.29 is 0 Å². The molecule has 0 atom stereocenters. The lowest BCUT2D eigenvalue weighted by atomic mass is 9.98. The number of hydrogen-bond acceptors (Lipinski definition) is 0. The first kappa shape index (κ1) is 32.8. The Morgan fingerprint density at radius 3 is 1.31 bits per heavy atom. The zero-order valence-electron chi connectivity index (χ0n) is 33.0. The predicted octanol–water partition coefficient (Wildman–Crippen LogP) is 15.4. The van der Waals surface area contributed by atoms with Crippen molar-refractivity contribution >= 4 is 76.2 Å². The van der Waals surface area contributed by atoms with Crippen molar-refractivity contribution in [2.24, 2.45) is 0 Å². The maximum Gasteiger partial charge on any atom is 0.0547 e. The molecule has 1 aliphatic carbocycles. The van der Waals surface area contributed by atoms with E-state index < -0.39 is 0 Å². The molecule has 0 amide bonds. The quantitative estimate of drug-likeness (QED) is 0.169. The summed E-state index contributed by atoms with van der Waals surface area (Å²) in [5.74, 6) is 0. The van der Waals surface area contributed by atoms with Gasteiger partial charge in [-0.25, -0.2) is 0 Å². The molecule has 0 N–H and O–H groups in total. The van der Waals surface area contributed by atoms with Gasteiger partial charge < -0.3 is 13.7 Å². The van der Waals surface area contributed by atoms with Crippen LogP contribution in [0.2, 0.25) is 0 Å². The molecule has 3 aromatic heterocycles. The summed E-state index contributed by atoms with van der Waals surface area (Å²) >= 11 is 0. The van der Waals surface area contributed by atoms with E-state index in [4.69, 9.17) is 0 Å². The molecule has 10 aromatic carbocycles. The minimum absolute atomic E-state index is 1.14. The van der Waals surface area contributed by atoms with Crippen LogP contribution in [0.5, 0.6) is 0 Å². The van der Waals surface area contributed by atoms with E-state index in [1.165, 1.54) is 115 Å². The minimum Gasteiger partial charge on any atom is -0.309 e. The molecule has 0 radical (unpaired) electrons. The van der Waals surface area contributed by atoms with Crippen LogP contribution in [0.25, 0.3) is 127 Å². The van der Waals surface area contributed by atoms with E-state index in [-0.39, 0.29) is 0 Å². The summed E-state index contributed by atoms with van der Waals surface area (Å²) in [5.41, 5.74) is 18.5. The molecular formula is C58H35N3. The normalized spacial score (nSPS) is 12.3. The molecular weight excluding hydrogens is 739 g/mol. The largest absolute Gasteiger partial charge is 0.309 e. The molecule has 0 unspecified atom stereocenters. The Kier molecular flexibility index (Phi) is 6.56. The number of hydrogen-bond donors (Lipinski definition) is 0. The van der Waals surface area contributed by atoms with Gasteiger partial charge in [0.25, 0.3) is 0 Å². The number of aromatic nitrogens is 3. The van der Waals surface area contributed by atoms with Gasteiger partial charge in [0.2, 0.25) is 0 Å². The highest BCUT2D eigenvalue weighted by Gasteiger charge is 2.26. The van der Waals surface area contributed by atoms with Gasteiger partial charge in [-0.3, -0.25) is 0 Å². The van der Waals surface area contributed by atoms with Crippen LogP contribution < -0.4 is 0 Å². The average molecular weight is 774 g/mol. The molecule has 0 aliphatic heterocycles. The van der Waals surface area contributed by atoms with Gasteiger partial charge in [0.15, 0.2) is 0 Å². The molecule has 3 nitrogen and oxygen atoms in total. The molecule has 0 fully saturated rings. The summed E-state index contributed by atoms with van der Waals surface area (Å²) in [6.07, 6.45) is 0. The van der Waals surface area contributed by atoms with Crippen molar-refractivity contribution in [3.63, 3.8) is 0 Å². The van der Waals surface area contributed by atoms with Gasteiger partial charge in [-0.1, -0.05) is 127 Å². The highest BCUT2D eigenvalue weighted by atomic mass is 15.0. The van der Waals surface area contributed by atoms with Gasteiger partial charge in [-0.05, 0) is 124 Å². The van der Waals surface area contributed by atoms with Crippen LogP contribution in [-0.2, 0) is 0 Å². The maximum absolute atomic E-state index is 2.45. The minimum atomic E-state index is 1.14. The summed E-state index contributed by atoms with van der Waals surface area (Å²) in [6, 6.07) is 78.3. The van der Waals surface area contributed by atoms with Crippen molar-refractivity contribution in [1.82, 2.24) is 13.7 Å². The SMILES string of the molecule is c1ccc(-n2c3ccccc3c3cc(-c4ccc5c(c4)c4ccccc4n5-c4ccc(-n5c6ccccc6c6c7c(ccc65)-c5cccc6cccc-7c56)cc4)ccc32)cc1. The Bertz CT molecular complexity index is 3970. The van der Waals surface area contributed by atoms with Crippen LogP contribution in [0.1, 0.15) is 0 Å². The van der Waals surface area contributed by atoms with E-state index >= 15 is 0 Å². The zero-order chi connectivity index (χ0) is 39.8. The van der Waals surface area contributed by atoms with Gasteiger partial charge in [-0.15, -0.1) is 0 Å². The molecule has 3 heteroatoms. The summed E-state index contributed by atoms with van der Waals surface area (Å²) in [5, 5.41) is 10.3. The molecule has 3 heterocycles. The van der Waals surface area contributed by atoms with Crippen molar-refractivity contribution in [2.75, 3.05) is 0 Å². The molecule has 0 saturated heterocycles. The summed E-state index contributed by atoms with van der Waals surface area (Å²) < 4.78 is 7.25. The van der Waals surface area contributed by atoms with Crippen LogP contribution in [0.4, 0.5) is 0 Å². The van der Waals surface area contributed by atoms with Crippen molar-refractivity contribution in [3.8, 4) is 50.4 Å². The van der Waals surface area contributed by atoms with E-state index in [0.29, 0.717) is 0 Å². The highest BCUT2D eigenvalue weighted by Crippen LogP contribution is 2.52. The molecule has 13 aromatic rings. The Morgan fingerprint density at radius 1 is 0.246 bits per heavy atom. The van der Waals surface area contributed by atoms with Crippen LogP contribution in [0, 0.1) is 0 Å². The Morgan fingerprint density at radius 2 is 0.705 bits per heavy atom. The third-order valence-electron chi connectivity index (χ3n) is 13.4. The number of fused-ring (bicyclic) bond motifs is 13. The topological polar surface area (TPSA) is 14.8 Å².